The molecule has 0 radical (unpaired) electrons. The first kappa shape index (κ1) is 19.3. The molecule has 2 heterocycles. The average Bonchev–Trinajstić information content (AvgIpc) is 3.09. The molecule has 1 fully saturated rings. The number of methoxy groups -OCH3 is 1. The first-order valence-corrected chi connectivity index (χ1v) is 9.95. The van der Waals surface area contributed by atoms with E-state index in [0.717, 1.165) is 37.0 Å². The third-order valence-corrected chi connectivity index (χ3v) is 5.78. The molecule has 7 heteroatoms. The summed E-state index contributed by atoms with van der Waals surface area (Å²) in [7, 11) is 1.59. The molecule has 0 saturated carbocycles. The van der Waals surface area contributed by atoms with Crippen LogP contribution in [0.2, 0.25) is 0 Å². The van der Waals surface area contributed by atoms with Crippen LogP contribution >= 0.6 is 0 Å². The van der Waals surface area contributed by atoms with Gasteiger partial charge in [0.2, 0.25) is 5.91 Å². The maximum Gasteiger partial charge on any atom is 0.326 e. The number of fused-ring (bicyclic) bond motifs is 1. The molecule has 4 rings (SSSR count). The Bertz CT molecular complexity index is 1060. The number of anilines is 1. The fraction of sp³-hybridized carbons (Fsp3) is 0.364. The Balaban J connectivity index is 1.42. The van der Waals surface area contributed by atoms with E-state index in [0.29, 0.717) is 11.4 Å². The molecule has 7 nitrogen and oxygen atoms in total. The standard InChI is InChI=1S/C22H26N4O3/c1-15(21(27)23-18-8-4-6-10-20(18)29-2)25-13-11-16(12-14-25)26-19-9-5-3-7-17(19)24-22(26)28/h3-10,15-16H,11-14H2,1-2H3,(H,23,27)(H,24,28). The predicted molar refractivity (Wildman–Crippen MR) is 113 cm³/mol. The molecule has 1 saturated heterocycles. The van der Waals surface area contributed by atoms with Gasteiger partial charge in [-0.2, -0.15) is 0 Å². The third kappa shape index (κ3) is 3.78. The van der Waals surface area contributed by atoms with Crippen LogP contribution in [0.15, 0.2) is 53.3 Å². The number of nitrogens with one attached hydrogen (secondary N) is 2. The van der Waals surface area contributed by atoms with E-state index in [2.05, 4.69) is 15.2 Å². The number of rotatable bonds is 5. The van der Waals surface area contributed by atoms with E-state index in [4.69, 9.17) is 4.74 Å². The quantitative estimate of drug-likeness (QED) is 0.697. The number of likely N-dealkylation sites (tertiary alicyclic amines) is 1. The van der Waals surface area contributed by atoms with Gasteiger partial charge in [0.25, 0.3) is 0 Å². The van der Waals surface area contributed by atoms with Crippen molar-refractivity contribution >= 4 is 22.6 Å². The molecule has 1 aliphatic rings. The second kappa shape index (κ2) is 8.13. The normalized spacial score (nSPS) is 16.6. The second-order valence-electron chi connectivity index (χ2n) is 7.45. The Morgan fingerprint density at radius 3 is 2.59 bits per heavy atom. The molecule has 29 heavy (non-hydrogen) atoms. The van der Waals surface area contributed by atoms with Crippen LogP contribution in [0, 0.1) is 0 Å². The first-order chi connectivity index (χ1) is 14.1. The minimum Gasteiger partial charge on any atom is -0.495 e. The van der Waals surface area contributed by atoms with Crippen molar-refractivity contribution in [1.29, 1.82) is 0 Å². The minimum absolute atomic E-state index is 0.0581. The Morgan fingerprint density at radius 1 is 1.14 bits per heavy atom. The lowest BCUT2D eigenvalue weighted by molar-refractivity contribution is -0.121. The van der Waals surface area contributed by atoms with Crippen molar-refractivity contribution in [2.75, 3.05) is 25.5 Å². The SMILES string of the molecule is COc1ccccc1NC(=O)C(C)N1CCC(n2c(=O)[nH]c3ccccc32)CC1. The van der Waals surface area contributed by atoms with Gasteiger partial charge < -0.3 is 15.0 Å². The topological polar surface area (TPSA) is 79.4 Å². The van der Waals surface area contributed by atoms with Crippen molar-refractivity contribution in [2.45, 2.75) is 31.8 Å². The van der Waals surface area contributed by atoms with E-state index in [-0.39, 0.29) is 23.7 Å². The Hall–Kier alpha value is -3.06. The highest BCUT2D eigenvalue weighted by atomic mass is 16.5. The van der Waals surface area contributed by atoms with Crippen molar-refractivity contribution in [3.63, 3.8) is 0 Å². The van der Waals surface area contributed by atoms with Crippen LogP contribution in [0.1, 0.15) is 25.8 Å². The number of piperidine rings is 1. The maximum absolute atomic E-state index is 12.8. The molecule has 1 amide bonds. The highest BCUT2D eigenvalue weighted by Crippen LogP contribution is 2.27. The van der Waals surface area contributed by atoms with E-state index in [1.54, 1.807) is 7.11 Å². The zero-order chi connectivity index (χ0) is 20.4. The molecular weight excluding hydrogens is 368 g/mol. The van der Waals surface area contributed by atoms with E-state index in [1.165, 1.54) is 0 Å². The monoisotopic (exact) mass is 394 g/mol. The number of carbonyl (C=O) groups excluding carboxylic acids is 1. The molecular formula is C22H26N4O3. The lowest BCUT2D eigenvalue weighted by atomic mass is 10.0. The fourth-order valence-corrected chi connectivity index (χ4v) is 4.12. The second-order valence-corrected chi connectivity index (χ2v) is 7.45. The lowest BCUT2D eigenvalue weighted by Gasteiger charge is -2.35. The molecule has 152 valence electrons. The number of aromatic nitrogens is 2. The number of aromatic amines is 1. The number of ether oxygens (including phenoxy) is 1. The number of hydrogen-bond acceptors (Lipinski definition) is 4. The molecule has 0 bridgehead atoms. The summed E-state index contributed by atoms with van der Waals surface area (Å²) >= 11 is 0. The summed E-state index contributed by atoms with van der Waals surface area (Å²) in [5.41, 5.74) is 2.42. The van der Waals surface area contributed by atoms with E-state index >= 15 is 0 Å². The summed E-state index contributed by atoms with van der Waals surface area (Å²) in [4.78, 5) is 30.3. The number of carbonyl (C=O) groups is 1. The van der Waals surface area contributed by atoms with Gasteiger partial charge in [0.05, 0.1) is 29.9 Å². The summed E-state index contributed by atoms with van der Waals surface area (Å²) in [6.45, 7) is 3.44. The fourth-order valence-electron chi connectivity index (χ4n) is 4.12. The summed E-state index contributed by atoms with van der Waals surface area (Å²) in [6, 6.07) is 15.0. The highest BCUT2D eigenvalue weighted by Gasteiger charge is 2.29. The number of benzene rings is 2. The lowest BCUT2D eigenvalue weighted by Crippen LogP contribution is -2.46. The molecule has 0 aliphatic carbocycles. The summed E-state index contributed by atoms with van der Waals surface area (Å²) in [6.07, 6.45) is 1.65. The zero-order valence-corrected chi connectivity index (χ0v) is 16.7. The summed E-state index contributed by atoms with van der Waals surface area (Å²) in [5.74, 6) is 0.586. The number of hydrogen-bond donors (Lipinski definition) is 2. The van der Waals surface area contributed by atoms with Gasteiger partial charge in [-0.3, -0.25) is 14.3 Å². The van der Waals surface area contributed by atoms with Crippen molar-refractivity contribution in [3.05, 3.63) is 59.0 Å². The Labute approximate surface area is 169 Å². The predicted octanol–water partition coefficient (Wildman–Crippen LogP) is 3.00. The summed E-state index contributed by atoms with van der Waals surface area (Å²) in [5, 5.41) is 2.96. The van der Waals surface area contributed by atoms with Crippen LogP contribution < -0.4 is 15.7 Å². The van der Waals surface area contributed by atoms with Crippen LogP contribution in [0.3, 0.4) is 0 Å². The molecule has 2 N–H and O–H groups in total. The van der Waals surface area contributed by atoms with Gasteiger partial charge in [0.15, 0.2) is 0 Å². The van der Waals surface area contributed by atoms with Gasteiger partial charge in [-0.05, 0) is 44.0 Å². The maximum atomic E-state index is 12.8. The Morgan fingerprint density at radius 2 is 1.83 bits per heavy atom. The zero-order valence-electron chi connectivity index (χ0n) is 16.7. The van der Waals surface area contributed by atoms with Crippen molar-refractivity contribution in [1.82, 2.24) is 14.5 Å². The van der Waals surface area contributed by atoms with Crippen LogP contribution in [-0.4, -0.2) is 46.6 Å². The van der Waals surface area contributed by atoms with Crippen molar-refractivity contribution in [2.24, 2.45) is 0 Å². The van der Waals surface area contributed by atoms with E-state index in [9.17, 15) is 9.59 Å². The number of H-pyrrole nitrogens is 1. The highest BCUT2D eigenvalue weighted by molar-refractivity contribution is 5.95. The number of para-hydroxylation sites is 4. The van der Waals surface area contributed by atoms with Crippen molar-refractivity contribution in [3.8, 4) is 5.75 Å². The summed E-state index contributed by atoms with van der Waals surface area (Å²) < 4.78 is 7.18. The average molecular weight is 394 g/mol. The van der Waals surface area contributed by atoms with E-state index < -0.39 is 0 Å². The first-order valence-electron chi connectivity index (χ1n) is 9.95. The smallest absolute Gasteiger partial charge is 0.326 e. The largest absolute Gasteiger partial charge is 0.495 e. The van der Waals surface area contributed by atoms with Crippen LogP contribution in [0.4, 0.5) is 5.69 Å². The molecule has 3 aromatic rings. The Kier molecular flexibility index (Phi) is 5.40. The number of nitrogens with zero attached hydrogens (tertiary/aromatic N) is 2. The third-order valence-electron chi connectivity index (χ3n) is 5.78. The van der Waals surface area contributed by atoms with Gasteiger partial charge in [-0.1, -0.05) is 24.3 Å². The van der Waals surface area contributed by atoms with Crippen LogP contribution in [0.5, 0.6) is 5.75 Å². The molecule has 1 unspecified atom stereocenters. The van der Waals surface area contributed by atoms with Gasteiger partial charge in [-0.25, -0.2) is 4.79 Å². The number of amides is 1. The van der Waals surface area contributed by atoms with Gasteiger partial charge in [0, 0.05) is 19.1 Å². The molecule has 1 aromatic heterocycles. The van der Waals surface area contributed by atoms with Gasteiger partial charge >= 0.3 is 5.69 Å². The number of imidazole rings is 1. The molecule has 2 aromatic carbocycles. The van der Waals surface area contributed by atoms with E-state index in [1.807, 2.05) is 60.0 Å². The molecule has 1 atom stereocenters. The van der Waals surface area contributed by atoms with Gasteiger partial charge in [0.1, 0.15) is 5.75 Å². The van der Waals surface area contributed by atoms with Crippen LogP contribution in [0.25, 0.3) is 11.0 Å². The van der Waals surface area contributed by atoms with Crippen LogP contribution in [-0.2, 0) is 4.79 Å². The van der Waals surface area contributed by atoms with Crippen molar-refractivity contribution < 1.29 is 9.53 Å². The van der Waals surface area contributed by atoms with Gasteiger partial charge in [-0.15, -0.1) is 0 Å². The molecule has 1 aliphatic heterocycles. The minimum atomic E-state index is -0.263. The molecule has 0 spiro atoms.